The monoisotopic (exact) mass is 256 g/mol. The smallest absolute Gasteiger partial charge is 0.0720 e. The normalized spacial score (nSPS) is 15.1. The molecule has 0 saturated heterocycles. The molecule has 2 atom stereocenters. The zero-order valence-corrected chi connectivity index (χ0v) is 10.3. The van der Waals surface area contributed by atoms with Crippen LogP contribution >= 0.6 is 15.9 Å². The van der Waals surface area contributed by atoms with Gasteiger partial charge in [0.15, 0.2) is 0 Å². The van der Waals surface area contributed by atoms with Crippen LogP contribution in [0.2, 0.25) is 0 Å². The minimum atomic E-state index is 0.310. The first-order chi connectivity index (χ1) is 6.68. The number of hydrogen-bond acceptors (Lipinski definition) is 1. The second kappa shape index (κ2) is 6.20. The fourth-order valence-corrected chi connectivity index (χ4v) is 1.86. The van der Waals surface area contributed by atoms with Gasteiger partial charge < -0.3 is 4.74 Å². The van der Waals surface area contributed by atoms with Gasteiger partial charge in [-0.3, -0.25) is 0 Å². The van der Waals surface area contributed by atoms with Crippen molar-refractivity contribution in [2.24, 2.45) is 0 Å². The largest absolute Gasteiger partial charge is 0.374 e. The van der Waals surface area contributed by atoms with E-state index in [1.54, 1.807) is 0 Å². The second-order valence-electron chi connectivity index (χ2n) is 3.62. The van der Waals surface area contributed by atoms with Gasteiger partial charge in [-0.05, 0) is 18.9 Å². The first-order valence-corrected chi connectivity index (χ1v) is 5.89. The zero-order chi connectivity index (χ0) is 10.4. The van der Waals surface area contributed by atoms with Crippen LogP contribution in [0.3, 0.4) is 0 Å². The third-order valence-corrected chi connectivity index (χ3v) is 2.41. The number of rotatable bonds is 5. The Morgan fingerprint density at radius 2 is 1.86 bits per heavy atom. The van der Waals surface area contributed by atoms with E-state index in [1.165, 1.54) is 5.56 Å². The molecule has 1 rings (SSSR count). The fourth-order valence-electron chi connectivity index (χ4n) is 1.34. The first-order valence-electron chi connectivity index (χ1n) is 4.98. The molecule has 0 heterocycles. The summed E-state index contributed by atoms with van der Waals surface area (Å²) in [5.41, 5.74) is 1.24. The molecule has 1 nitrogen and oxygen atoms in total. The average molecular weight is 257 g/mol. The van der Waals surface area contributed by atoms with Gasteiger partial charge >= 0.3 is 0 Å². The van der Waals surface area contributed by atoms with Crippen LogP contribution in [0.5, 0.6) is 0 Å². The second-order valence-corrected chi connectivity index (χ2v) is 5.19. The summed E-state index contributed by atoms with van der Waals surface area (Å²) in [4.78, 5) is 0.522. The van der Waals surface area contributed by atoms with E-state index in [0.717, 1.165) is 6.42 Å². The lowest BCUT2D eigenvalue weighted by Crippen LogP contribution is -2.12. The van der Waals surface area contributed by atoms with Crippen molar-refractivity contribution in [2.45, 2.75) is 37.8 Å². The van der Waals surface area contributed by atoms with E-state index >= 15 is 0 Å². The quantitative estimate of drug-likeness (QED) is 0.729. The van der Waals surface area contributed by atoms with Gasteiger partial charge in [-0.15, -0.1) is 0 Å². The topological polar surface area (TPSA) is 9.23 Å². The summed E-state index contributed by atoms with van der Waals surface area (Å²) in [6.45, 7) is 4.96. The van der Waals surface area contributed by atoms with Crippen LogP contribution in [0.25, 0.3) is 0 Å². The van der Waals surface area contributed by atoms with E-state index < -0.39 is 0 Å². The molecule has 0 aliphatic rings. The number of ether oxygens (including phenoxy) is 1. The Morgan fingerprint density at radius 3 is 2.43 bits per heavy atom. The molecule has 0 saturated carbocycles. The Balaban J connectivity index is 2.27. The van der Waals surface area contributed by atoms with Crippen LogP contribution in [0.4, 0.5) is 0 Å². The Morgan fingerprint density at radius 1 is 1.21 bits per heavy atom. The Kier molecular flexibility index (Phi) is 5.20. The van der Waals surface area contributed by atoms with E-state index in [-0.39, 0.29) is 0 Å². The highest BCUT2D eigenvalue weighted by Gasteiger charge is 2.05. The lowest BCUT2D eigenvalue weighted by molar-refractivity contribution is 0.0484. The van der Waals surface area contributed by atoms with Crippen molar-refractivity contribution in [3.8, 4) is 0 Å². The lowest BCUT2D eigenvalue weighted by atomic mass is 10.2. The number of hydrogen-bond donors (Lipinski definition) is 0. The molecule has 1 aromatic rings. The van der Waals surface area contributed by atoms with Gasteiger partial charge in [0.05, 0.1) is 12.7 Å². The summed E-state index contributed by atoms with van der Waals surface area (Å²) in [5, 5.41) is 0. The van der Waals surface area contributed by atoms with E-state index in [2.05, 4.69) is 41.9 Å². The van der Waals surface area contributed by atoms with Crippen LogP contribution in [-0.4, -0.2) is 10.9 Å². The SMILES string of the molecule is C[C@H](C[C@@H](C)Br)OCc1ccccc1. The van der Waals surface area contributed by atoms with Gasteiger partial charge in [0.25, 0.3) is 0 Å². The maximum atomic E-state index is 5.71. The maximum Gasteiger partial charge on any atom is 0.0720 e. The molecule has 0 aliphatic heterocycles. The molecule has 0 radical (unpaired) electrons. The lowest BCUT2D eigenvalue weighted by Gasteiger charge is -2.14. The Labute approximate surface area is 94.6 Å². The fraction of sp³-hybridized carbons (Fsp3) is 0.500. The molecule has 0 aliphatic carbocycles. The molecule has 0 unspecified atom stereocenters. The maximum absolute atomic E-state index is 5.71. The molecule has 0 spiro atoms. The minimum Gasteiger partial charge on any atom is -0.374 e. The zero-order valence-electron chi connectivity index (χ0n) is 8.74. The number of benzene rings is 1. The Bertz CT molecular complexity index is 246. The Hall–Kier alpha value is -0.340. The molecule has 78 valence electrons. The molecule has 14 heavy (non-hydrogen) atoms. The molecule has 0 fully saturated rings. The summed E-state index contributed by atoms with van der Waals surface area (Å²) < 4.78 is 5.71. The van der Waals surface area contributed by atoms with Crippen molar-refractivity contribution in [2.75, 3.05) is 0 Å². The highest BCUT2D eigenvalue weighted by molar-refractivity contribution is 9.09. The highest BCUT2D eigenvalue weighted by atomic mass is 79.9. The van der Waals surface area contributed by atoms with Crippen LogP contribution in [0, 0.1) is 0 Å². The average Bonchev–Trinajstić information content (AvgIpc) is 2.15. The molecule has 0 N–H and O–H groups in total. The predicted molar refractivity (Wildman–Crippen MR) is 63.7 cm³/mol. The standard InChI is InChI=1S/C12H17BrO/c1-10(13)8-11(2)14-9-12-6-4-3-5-7-12/h3-7,10-11H,8-9H2,1-2H3/t10-,11-/m1/s1. The van der Waals surface area contributed by atoms with Crippen LogP contribution in [0.15, 0.2) is 30.3 Å². The van der Waals surface area contributed by atoms with Gasteiger partial charge in [-0.25, -0.2) is 0 Å². The summed E-state index contributed by atoms with van der Waals surface area (Å²) >= 11 is 3.52. The summed E-state index contributed by atoms with van der Waals surface area (Å²) in [6.07, 6.45) is 1.36. The van der Waals surface area contributed by atoms with Crippen LogP contribution in [0.1, 0.15) is 25.8 Å². The van der Waals surface area contributed by atoms with Crippen molar-refractivity contribution in [1.82, 2.24) is 0 Å². The van der Waals surface area contributed by atoms with Crippen molar-refractivity contribution in [1.29, 1.82) is 0 Å². The molecular weight excluding hydrogens is 240 g/mol. The molecule has 0 aromatic heterocycles. The minimum absolute atomic E-state index is 0.310. The predicted octanol–water partition coefficient (Wildman–Crippen LogP) is 3.77. The summed E-state index contributed by atoms with van der Waals surface area (Å²) in [7, 11) is 0. The van der Waals surface area contributed by atoms with Gasteiger partial charge in [0, 0.05) is 4.83 Å². The van der Waals surface area contributed by atoms with E-state index in [4.69, 9.17) is 4.74 Å². The number of alkyl halides is 1. The van der Waals surface area contributed by atoms with E-state index in [0.29, 0.717) is 17.5 Å². The van der Waals surface area contributed by atoms with Crippen molar-refractivity contribution >= 4 is 15.9 Å². The summed E-state index contributed by atoms with van der Waals surface area (Å²) in [6, 6.07) is 10.3. The highest BCUT2D eigenvalue weighted by Crippen LogP contribution is 2.11. The van der Waals surface area contributed by atoms with Crippen molar-refractivity contribution in [3.05, 3.63) is 35.9 Å². The van der Waals surface area contributed by atoms with E-state index in [1.807, 2.05) is 18.2 Å². The number of halogens is 1. The van der Waals surface area contributed by atoms with Gasteiger partial charge in [0.2, 0.25) is 0 Å². The third-order valence-electron chi connectivity index (χ3n) is 2.03. The molecule has 1 aromatic carbocycles. The van der Waals surface area contributed by atoms with Gasteiger partial charge in [-0.1, -0.05) is 53.2 Å². The van der Waals surface area contributed by atoms with Crippen molar-refractivity contribution in [3.63, 3.8) is 0 Å². The van der Waals surface area contributed by atoms with Gasteiger partial charge in [-0.2, -0.15) is 0 Å². The van der Waals surface area contributed by atoms with Crippen LogP contribution in [-0.2, 0) is 11.3 Å². The molecule has 0 amide bonds. The first kappa shape index (κ1) is 11.7. The third kappa shape index (κ3) is 4.77. The van der Waals surface area contributed by atoms with Gasteiger partial charge in [0.1, 0.15) is 0 Å². The van der Waals surface area contributed by atoms with Crippen LogP contribution < -0.4 is 0 Å². The molecular formula is C12H17BrO. The summed E-state index contributed by atoms with van der Waals surface area (Å²) in [5.74, 6) is 0. The van der Waals surface area contributed by atoms with E-state index in [9.17, 15) is 0 Å². The van der Waals surface area contributed by atoms with Crippen molar-refractivity contribution < 1.29 is 4.74 Å². The molecule has 0 bridgehead atoms. The molecule has 2 heteroatoms.